The molecular weight excluding hydrogens is 240 g/mol. The Kier molecular flexibility index (Phi) is 4.13. The summed E-state index contributed by atoms with van der Waals surface area (Å²) in [5.74, 6) is 1.42. The van der Waals surface area contributed by atoms with Crippen LogP contribution in [0, 0.1) is 0 Å². The van der Waals surface area contributed by atoms with Crippen LogP contribution in [0.1, 0.15) is 24.5 Å². The smallest absolute Gasteiger partial charge is 0.180 e. The van der Waals surface area contributed by atoms with E-state index in [1.807, 2.05) is 6.07 Å². The normalized spacial score (nSPS) is 14.5. The Bertz CT molecular complexity index is 404. The van der Waals surface area contributed by atoms with Gasteiger partial charge in [0.2, 0.25) is 0 Å². The highest BCUT2D eigenvalue weighted by molar-refractivity contribution is 6.32. The number of hydrogen-bond donors (Lipinski definition) is 1. The molecule has 1 N–H and O–H groups in total. The molecule has 94 valence electrons. The van der Waals surface area contributed by atoms with Gasteiger partial charge in [0.1, 0.15) is 0 Å². The summed E-state index contributed by atoms with van der Waals surface area (Å²) in [5.41, 5.74) is 2.14. The van der Waals surface area contributed by atoms with E-state index in [9.17, 15) is 0 Å². The van der Waals surface area contributed by atoms with Crippen LogP contribution in [-0.4, -0.2) is 24.9 Å². The van der Waals surface area contributed by atoms with Crippen molar-refractivity contribution in [2.75, 3.05) is 19.8 Å². The predicted molar refractivity (Wildman–Crippen MR) is 67.2 cm³/mol. The summed E-state index contributed by atoms with van der Waals surface area (Å²) in [6.07, 6.45) is 2.31. The lowest BCUT2D eigenvalue weighted by molar-refractivity contribution is 0.295. The fourth-order valence-electron chi connectivity index (χ4n) is 2.12. The minimum absolute atomic E-state index is 0.114. The summed E-state index contributed by atoms with van der Waals surface area (Å²) < 4.78 is 11.4. The van der Waals surface area contributed by atoms with Gasteiger partial charge in [-0.25, -0.2) is 0 Å². The van der Waals surface area contributed by atoms with E-state index in [2.05, 4.69) is 6.92 Å². The molecule has 0 aromatic heterocycles. The van der Waals surface area contributed by atoms with E-state index in [1.54, 1.807) is 0 Å². The van der Waals surface area contributed by atoms with Crippen molar-refractivity contribution in [3.05, 3.63) is 22.2 Å². The number of aliphatic hydroxyl groups excluding tert-OH is 1. The van der Waals surface area contributed by atoms with E-state index in [-0.39, 0.29) is 6.61 Å². The second-order valence-corrected chi connectivity index (χ2v) is 4.44. The SMILES string of the molecule is CCc1c(CCO)cc(Cl)c2c1OCCCO2. The van der Waals surface area contributed by atoms with E-state index in [4.69, 9.17) is 26.2 Å². The molecule has 3 nitrogen and oxygen atoms in total. The molecule has 0 amide bonds. The first-order valence-electron chi connectivity index (χ1n) is 5.98. The molecule has 0 saturated carbocycles. The maximum absolute atomic E-state index is 9.08. The molecule has 0 unspecified atom stereocenters. The van der Waals surface area contributed by atoms with E-state index in [0.717, 1.165) is 29.7 Å². The van der Waals surface area contributed by atoms with Crippen molar-refractivity contribution in [2.24, 2.45) is 0 Å². The third kappa shape index (κ3) is 2.50. The van der Waals surface area contributed by atoms with Gasteiger partial charge < -0.3 is 14.6 Å². The number of benzene rings is 1. The average molecular weight is 257 g/mol. The van der Waals surface area contributed by atoms with Crippen LogP contribution in [0.25, 0.3) is 0 Å². The maximum Gasteiger partial charge on any atom is 0.180 e. The van der Waals surface area contributed by atoms with Gasteiger partial charge in [-0.15, -0.1) is 0 Å². The lowest BCUT2D eigenvalue weighted by Gasteiger charge is -2.16. The van der Waals surface area contributed by atoms with Crippen molar-refractivity contribution < 1.29 is 14.6 Å². The van der Waals surface area contributed by atoms with Crippen LogP contribution in [0.5, 0.6) is 11.5 Å². The summed E-state index contributed by atoms with van der Waals surface area (Å²) in [5, 5.41) is 9.65. The summed E-state index contributed by atoms with van der Waals surface area (Å²) in [4.78, 5) is 0. The molecule has 1 aromatic rings. The Morgan fingerprint density at radius 2 is 2.00 bits per heavy atom. The van der Waals surface area contributed by atoms with E-state index < -0.39 is 0 Å². The molecule has 1 aliphatic heterocycles. The second kappa shape index (κ2) is 5.61. The zero-order valence-electron chi connectivity index (χ0n) is 9.96. The Morgan fingerprint density at radius 3 is 2.65 bits per heavy atom. The zero-order chi connectivity index (χ0) is 12.3. The van der Waals surface area contributed by atoms with Gasteiger partial charge in [0.25, 0.3) is 0 Å². The summed E-state index contributed by atoms with van der Waals surface area (Å²) in [6.45, 7) is 3.47. The van der Waals surface area contributed by atoms with Gasteiger partial charge in [-0.05, 0) is 24.5 Å². The molecule has 0 atom stereocenters. The topological polar surface area (TPSA) is 38.7 Å². The molecule has 0 radical (unpaired) electrons. The monoisotopic (exact) mass is 256 g/mol. The number of halogens is 1. The largest absolute Gasteiger partial charge is 0.489 e. The highest BCUT2D eigenvalue weighted by atomic mass is 35.5. The molecule has 1 aromatic carbocycles. The highest BCUT2D eigenvalue weighted by Crippen LogP contribution is 2.42. The summed E-state index contributed by atoms with van der Waals surface area (Å²) >= 11 is 6.20. The minimum Gasteiger partial charge on any atom is -0.489 e. The molecule has 0 fully saturated rings. The first-order chi connectivity index (χ1) is 8.27. The van der Waals surface area contributed by atoms with Crippen LogP contribution in [0.15, 0.2) is 6.07 Å². The third-order valence-electron chi connectivity index (χ3n) is 2.90. The molecule has 0 bridgehead atoms. The van der Waals surface area contributed by atoms with Gasteiger partial charge in [0.05, 0.1) is 18.2 Å². The van der Waals surface area contributed by atoms with Gasteiger partial charge in [-0.3, -0.25) is 0 Å². The summed E-state index contributed by atoms with van der Waals surface area (Å²) in [7, 11) is 0. The van der Waals surface area contributed by atoms with Crippen LogP contribution in [0.4, 0.5) is 0 Å². The van der Waals surface area contributed by atoms with Gasteiger partial charge in [-0.2, -0.15) is 0 Å². The van der Waals surface area contributed by atoms with Crippen molar-refractivity contribution >= 4 is 11.6 Å². The van der Waals surface area contributed by atoms with Crippen LogP contribution in [0.2, 0.25) is 5.02 Å². The quantitative estimate of drug-likeness (QED) is 0.904. The van der Waals surface area contributed by atoms with Crippen LogP contribution in [0.3, 0.4) is 0 Å². The first-order valence-corrected chi connectivity index (χ1v) is 6.36. The molecule has 2 rings (SSSR count). The number of rotatable bonds is 3. The van der Waals surface area contributed by atoms with Gasteiger partial charge in [0.15, 0.2) is 11.5 Å². The number of hydrogen-bond acceptors (Lipinski definition) is 3. The maximum atomic E-state index is 9.08. The third-order valence-corrected chi connectivity index (χ3v) is 3.18. The Labute approximate surface area is 106 Å². The molecule has 17 heavy (non-hydrogen) atoms. The fraction of sp³-hybridized carbons (Fsp3) is 0.538. The van der Waals surface area contributed by atoms with Crippen molar-refractivity contribution in [1.82, 2.24) is 0 Å². The highest BCUT2D eigenvalue weighted by Gasteiger charge is 2.20. The second-order valence-electron chi connectivity index (χ2n) is 4.03. The molecule has 1 aliphatic rings. The molecule has 1 heterocycles. The number of ether oxygens (including phenoxy) is 2. The Hall–Kier alpha value is -0.930. The fourth-order valence-corrected chi connectivity index (χ4v) is 2.39. The van der Waals surface area contributed by atoms with Crippen molar-refractivity contribution in [1.29, 1.82) is 0 Å². The zero-order valence-corrected chi connectivity index (χ0v) is 10.7. The van der Waals surface area contributed by atoms with Crippen molar-refractivity contribution in [3.63, 3.8) is 0 Å². The minimum atomic E-state index is 0.114. The lowest BCUT2D eigenvalue weighted by atomic mass is 10.0. The number of fused-ring (bicyclic) bond motifs is 1. The van der Waals surface area contributed by atoms with Gasteiger partial charge in [-0.1, -0.05) is 18.5 Å². The molecular formula is C13H17ClO3. The molecule has 4 heteroatoms. The van der Waals surface area contributed by atoms with Crippen LogP contribution >= 0.6 is 11.6 Å². The van der Waals surface area contributed by atoms with Gasteiger partial charge in [0, 0.05) is 18.6 Å². The van der Waals surface area contributed by atoms with Crippen molar-refractivity contribution in [2.45, 2.75) is 26.2 Å². The molecule has 0 aliphatic carbocycles. The van der Waals surface area contributed by atoms with E-state index in [0.29, 0.717) is 30.4 Å². The predicted octanol–water partition coefficient (Wildman–Crippen LogP) is 2.60. The molecule has 0 spiro atoms. The first kappa shape index (κ1) is 12.5. The average Bonchev–Trinajstić information content (AvgIpc) is 2.56. The van der Waals surface area contributed by atoms with E-state index in [1.165, 1.54) is 0 Å². The van der Waals surface area contributed by atoms with Crippen LogP contribution < -0.4 is 9.47 Å². The van der Waals surface area contributed by atoms with Gasteiger partial charge >= 0.3 is 0 Å². The van der Waals surface area contributed by atoms with Crippen LogP contribution in [-0.2, 0) is 12.8 Å². The standard InChI is InChI=1S/C13H17ClO3/c1-2-10-9(4-5-15)8-11(14)13-12(10)16-6-3-7-17-13/h8,15H,2-7H2,1H3. The van der Waals surface area contributed by atoms with Crippen molar-refractivity contribution in [3.8, 4) is 11.5 Å². The Morgan fingerprint density at radius 1 is 1.29 bits per heavy atom. The Balaban J connectivity index is 2.52. The lowest BCUT2D eigenvalue weighted by Crippen LogP contribution is -2.03. The molecule has 0 saturated heterocycles. The van der Waals surface area contributed by atoms with E-state index >= 15 is 0 Å². The summed E-state index contributed by atoms with van der Waals surface area (Å²) in [6, 6.07) is 1.88. The number of aliphatic hydroxyl groups is 1.